The Bertz CT molecular complexity index is 683. The first-order chi connectivity index (χ1) is 12.9. The fraction of sp³-hybridized carbons (Fsp3) is 0.818. The molecule has 2 N–H and O–H groups in total. The quantitative estimate of drug-likeness (QED) is 0.712. The summed E-state index contributed by atoms with van der Waals surface area (Å²) in [7, 11) is 0. The van der Waals surface area contributed by atoms with Gasteiger partial charge in [-0.2, -0.15) is 0 Å². The Labute approximate surface area is 167 Å². The third kappa shape index (κ3) is 3.39. The highest BCUT2D eigenvalue weighted by Crippen LogP contribution is 2.64. The number of esters is 2. The zero-order valence-electron chi connectivity index (χ0n) is 17.7. The smallest absolute Gasteiger partial charge is 0.333 e. The zero-order chi connectivity index (χ0) is 20.9. The lowest BCUT2D eigenvalue weighted by Crippen LogP contribution is -2.66. The first-order valence-corrected chi connectivity index (χ1v) is 10.4. The average molecular weight is 395 g/mol. The molecule has 6 heteroatoms. The van der Waals surface area contributed by atoms with Crippen molar-refractivity contribution in [2.45, 2.75) is 91.1 Å². The highest BCUT2D eigenvalue weighted by molar-refractivity contribution is 5.85. The molecule has 2 saturated carbocycles. The number of hydrogen-bond donors (Lipinski definition) is 2. The number of carbonyl (C=O) groups is 2. The molecule has 1 aliphatic heterocycles. The molecule has 0 amide bonds. The highest BCUT2D eigenvalue weighted by Gasteiger charge is 2.64. The number of aliphatic hydroxyl groups is 2. The third-order valence-corrected chi connectivity index (χ3v) is 7.77. The molecule has 2 aliphatic carbocycles. The normalized spacial score (nSPS) is 42.4. The predicted octanol–water partition coefficient (Wildman–Crippen LogP) is 3.10. The van der Waals surface area contributed by atoms with Crippen LogP contribution < -0.4 is 0 Å². The Morgan fingerprint density at radius 3 is 2.57 bits per heavy atom. The van der Waals surface area contributed by atoms with E-state index in [1.54, 1.807) is 0 Å². The second kappa shape index (κ2) is 7.13. The number of cyclic esters (lactones) is 1. The van der Waals surface area contributed by atoms with Crippen molar-refractivity contribution in [2.24, 2.45) is 22.7 Å². The van der Waals surface area contributed by atoms with Crippen molar-refractivity contribution < 1.29 is 29.3 Å². The van der Waals surface area contributed by atoms with Gasteiger partial charge in [-0.05, 0) is 43.4 Å². The Balaban J connectivity index is 1.93. The van der Waals surface area contributed by atoms with Gasteiger partial charge in [0, 0.05) is 29.9 Å². The van der Waals surface area contributed by atoms with Crippen molar-refractivity contribution in [2.75, 3.05) is 0 Å². The van der Waals surface area contributed by atoms with Gasteiger partial charge in [0.05, 0.1) is 5.60 Å². The minimum Gasteiger partial charge on any atom is -0.462 e. The molecule has 0 unspecified atom stereocenters. The first kappa shape index (κ1) is 21.3. The van der Waals surface area contributed by atoms with Crippen LogP contribution in [0.5, 0.6) is 0 Å². The van der Waals surface area contributed by atoms with Gasteiger partial charge in [-0.3, -0.25) is 4.79 Å². The van der Waals surface area contributed by atoms with Crippen LogP contribution in [0.4, 0.5) is 0 Å². The van der Waals surface area contributed by atoms with Gasteiger partial charge in [0.2, 0.25) is 6.29 Å². The van der Waals surface area contributed by atoms with Gasteiger partial charge in [0.25, 0.3) is 0 Å². The van der Waals surface area contributed by atoms with Crippen molar-refractivity contribution in [1.82, 2.24) is 0 Å². The molecule has 2 fully saturated rings. The van der Waals surface area contributed by atoms with Gasteiger partial charge in [-0.1, -0.05) is 34.1 Å². The number of rotatable bonds is 4. The minimum atomic E-state index is -1.21. The molecule has 158 valence electrons. The summed E-state index contributed by atoms with van der Waals surface area (Å²) in [6.07, 6.45) is 4.24. The van der Waals surface area contributed by atoms with Crippen LogP contribution in [0, 0.1) is 22.7 Å². The topological polar surface area (TPSA) is 93.1 Å². The molecule has 0 spiro atoms. The Morgan fingerprint density at radius 2 is 2.00 bits per heavy atom. The Hall–Kier alpha value is -1.40. The van der Waals surface area contributed by atoms with Crippen molar-refractivity contribution in [3.8, 4) is 0 Å². The molecular formula is C22H34O6. The Morgan fingerprint density at radius 1 is 1.32 bits per heavy atom. The van der Waals surface area contributed by atoms with Crippen LogP contribution in [0.1, 0.15) is 73.1 Å². The molecule has 3 rings (SSSR count). The van der Waals surface area contributed by atoms with Gasteiger partial charge in [-0.25, -0.2) is 4.79 Å². The second-order valence-electron chi connectivity index (χ2n) is 9.95. The van der Waals surface area contributed by atoms with Gasteiger partial charge < -0.3 is 19.7 Å². The lowest BCUT2D eigenvalue weighted by Gasteiger charge is -2.64. The number of carbonyl (C=O) groups excluding carboxylic acids is 2. The molecule has 6 nitrogen and oxygen atoms in total. The van der Waals surface area contributed by atoms with E-state index in [0.717, 1.165) is 19.3 Å². The summed E-state index contributed by atoms with van der Waals surface area (Å²) in [6, 6.07) is 0. The van der Waals surface area contributed by atoms with Gasteiger partial charge >= 0.3 is 11.9 Å². The molecule has 3 aliphatic rings. The van der Waals surface area contributed by atoms with Crippen LogP contribution in [-0.4, -0.2) is 40.1 Å². The van der Waals surface area contributed by atoms with E-state index in [0.29, 0.717) is 24.8 Å². The number of fused-ring (bicyclic) bond motifs is 1. The highest BCUT2D eigenvalue weighted by atomic mass is 16.6. The maximum absolute atomic E-state index is 12.0. The molecule has 0 radical (unpaired) electrons. The standard InChI is InChI=1S/C22H34O6/c1-13-11-16(27-14(2)23)18-20(3,4)8-6-9-21(18,5)22(13,26)10-7-15-12-17(24)28-19(15)25/h12-13,16,18-19,25-26H,6-11H2,1-5H3/t13-,16-,18+,19-,21+,22-/m1/s1. The molecule has 0 bridgehead atoms. The van der Waals surface area contributed by atoms with Crippen molar-refractivity contribution in [3.63, 3.8) is 0 Å². The second-order valence-corrected chi connectivity index (χ2v) is 9.95. The number of ether oxygens (including phenoxy) is 2. The fourth-order valence-corrected chi connectivity index (χ4v) is 6.56. The summed E-state index contributed by atoms with van der Waals surface area (Å²) in [5, 5.41) is 21.9. The molecule has 28 heavy (non-hydrogen) atoms. The lowest BCUT2D eigenvalue weighted by molar-refractivity contribution is -0.249. The van der Waals surface area contributed by atoms with Crippen LogP contribution in [-0.2, 0) is 19.1 Å². The van der Waals surface area contributed by atoms with E-state index >= 15 is 0 Å². The van der Waals surface area contributed by atoms with Crippen molar-refractivity contribution >= 4 is 11.9 Å². The van der Waals surface area contributed by atoms with Gasteiger partial charge in [0.1, 0.15) is 6.10 Å². The summed E-state index contributed by atoms with van der Waals surface area (Å²) in [4.78, 5) is 23.2. The van der Waals surface area contributed by atoms with Gasteiger partial charge in [-0.15, -0.1) is 0 Å². The van der Waals surface area contributed by atoms with E-state index in [9.17, 15) is 19.8 Å². The monoisotopic (exact) mass is 394 g/mol. The van der Waals surface area contributed by atoms with Crippen molar-refractivity contribution in [3.05, 3.63) is 11.6 Å². The lowest BCUT2D eigenvalue weighted by atomic mass is 9.43. The Kier molecular flexibility index (Phi) is 5.43. The first-order valence-electron chi connectivity index (χ1n) is 10.4. The minimum absolute atomic E-state index is 0.0409. The summed E-state index contributed by atoms with van der Waals surface area (Å²) in [5.74, 6) is -0.854. The summed E-state index contributed by atoms with van der Waals surface area (Å²) in [6.45, 7) is 10.0. The maximum atomic E-state index is 12.0. The van der Waals surface area contributed by atoms with E-state index in [1.165, 1.54) is 13.0 Å². The molecule has 0 aromatic rings. The van der Waals surface area contributed by atoms with Crippen LogP contribution >= 0.6 is 0 Å². The molecule has 0 aromatic carbocycles. The van der Waals surface area contributed by atoms with E-state index in [-0.39, 0.29) is 29.3 Å². The number of aliphatic hydroxyl groups excluding tert-OH is 1. The summed E-state index contributed by atoms with van der Waals surface area (Å²) < 4.78 is 10.6. The fourth-order valence-electron chi connectivity index (χ4n) is 6.56. The summed E-state index contributed by atoms with van der Waals surface area (Å²) >= 11 is 0. The third-order valence-electron chi connectivity index (χ3n) is 7.77. The van der Waals surface area contributed by atoms with Crippen LogP contribution in [0.15, 0.2) is 11.6 Å². The van der Waals surface area contributed by atoms with Crippen molar-refractivity contribution in [1.29, 1.82) is 0 Å². The van der Waals surface area contributed by atoms with E-state index in [4.69, 9.17) is 9.47 Å². The molecule has 0 saturated heterocycles. The van der Waals surface area contributed by atoms with Crippen LogP contribution in [0.2, 0.25) is 0 Å². The average Bonchev–Trinajstić information content (AvgIpc) is 2.87. The SMILES string of the molecule is CC(=O)O[C@@H]1C[C@@H](C)[C@](O)(CCC2=CC(=O)O[C@H]2O)[C@@]2(C)CCCC(C)(C)[C@H]12. The summed E-state index contributed by atoms with van der Waals surface area (Å²) in [5.41, 5.74) is -0.963. The number of hydrogen-bond acceptors (Lipinski definition) is 6. The largest absolute Gasteiger partial charge is 0.462 e. The predicted molar refractivity (Wildman–Crippen MR) is 103 cm³/mol. The maximum Gasteiger partial charge on any atom is 0.333 e. The molecule has 0 aromatic heterocycles. The van der Waals surface area contributed by atoms with E-state index in [1.807, 2.05) is 6.92 Å². The van der Waals surface area contributed by atoms with Crippen LogP contribution in [0.25, 0.3) is 0 Å². The molecular weight excluding hydrogens is 360 g/mol. The molecule has 6 atom stereocenters. The molecule has 1 heterocycles. The van der Waals surface area contributed by atoms with E-state index < -0.39 is 23.3 Å². The van der Waals surface area contributed by atoms with Crippen LogP contribution in [0.3, 0.4) is 0 Å². The van der Waals surface area contributed by atoms with E-state index in [2.05, 4.69) is 20.8 Å². The zero-order valence-corrected chi connectivity index (χ0v) is 17.7. The van der Waals surface area contributed by atoms with Gasteiger partial charge in [0.15, 0.2) is 0 Å².